The molecule has 1 nitrogen and oxygen atoms in total. The van der Waals surface area contributed by atoms with Crippen molar-refractivity contribution < 1.29 is 4.79 Å². The summed E-state index contributed by atoms with van der Waals surface area (Å²) in [5.74, 6) is 0.255. The van der Waals surface area contributed by atoms with Gasteiger partial charge in [-0.15, -0.1) is 0 Å². The normalized spacial score (nSPS) is 5.50. The smallest absolute Gasteiger partial charge is 0.129 e. The molecule has 0 heterocycles. The Labute approximate surface area is 53.1 Å². The van der Waals surface area contributed by atoms with Crippen molar-refractivity contribution in [1.29, 1.82) is 0 Å². The number of carbonyl (C=O) groups is 1. The Hall–Kier alpha value is -0.330. The van der Waals surface area contributed by atoms with Crippen LogP contribution in [0.15, 0.2) is 0 Å². The Bertz CT molecular complexity index is 39.7. The van der Waals surface area contributed by atoms with Gasteiger partial charge in [-0.3, -0.25) is 0 Å². The minimum atomic E-state index is 0. The van der Waals surface area contributed by atoms with Gasteiger partial charge in [-0.25, -0.2) is 0 Å². The summed E-state index contributed by atoms with van der Waals surface area (Å²) in [6, 6.07) is 0. The summed E-state index contributed by atoms with van der Waals surface area (Å²) in [6.07, 6.45) is 0.667. The lowest BCUT2D eigenvalue weighted by Crippen LogP contribution is -1.80. The molecule has 0 aliphatic rings. The number of rotatable bonds is 1. The molecule has 0 fully saturated rings. The summed E-state index contributed by atoms with van der Waals surface area (Å²) in [4.78, 5) is 9.81. The zero-order chi connectivity index (χ0) is 6.28. The van der Waals surface area contributed by atoms with Crippen molar-refractivity contribution in [3.8, 4) is 0 Å². The molecule has 0 aromatic heterocycles. The van der Waals surface area contributed by atoms with Gasteiger partial charge in [0.15, 0.2) is 0 Å². The van der Waals surface area contributed by atoms with Crippen LogP contribution in [0.1, 0.15) is 41.5 Å². The first-order valence-electron chi connectivity index (χ1n) is 2.76. The summed E-state index contributed by atoms with van der Waals surface area (Å²) in [6.45, 7) is 7.43. The molecule has 0 rings (SSSR count). The lowest BCUT2D eigenvalue weighted by molar-refractivity contribution is -0.116. The molecule has 0 atom stereocenters. The number of hydrogen-bond acceptors (Lipinski definition) is 1. The van der Waals surface area contributed by atoms with Crippen LogP contribution in [0.3, 0.4) is 0 Å². The first kappa shape index (κ1) is 15.6. The molecule has 0 aliphatic heterocycles. The Morgan fingerprint density at radius 2 is 1.50 bits per heavy atom. The molecule has 1 heteroatoms. The SMILES string of the molecule is C.CC.CCC(C)=O. The van der Waals surface area contributed by atoms with Crippen molar-refractivity contribution in [3.63, 3.8) is 0 Å². The number of hydrogen-bond donors (Lipinski definition) is 0. The van der Waals surface area contributed by atoms with E-state index in [4.69, 9.17) is 0 Å². The molecular formula is C7H18O. The van der Waals surface area contributed by atoms with Gasteiger partial charge in [-0.2, -0.15) is 0 Å². The molecule has 0 radical (unpaired) electrons. The molecule has 0 aromatic carbocycles. The van der Waals surface area contributed by atoms with Gasteiger partial charge in [0.1, 0.15) is 5.78 Å². The second-order valence-corrected chi connectivity index (χ2v) is 1.06. The van der Waals surface area contributed by atoms with Crippen molar-refractivity contribution in [2.24, 2.45) is 0 Å². The van der Waals surface area contributed by atoms with E-state index in [1.165, 1.54) is 0 Å². The van der Waals surface area contributed by atoms with Crippen LogP contribution < -0.4 is 0 Å². The van der Waals surface area contributed by atoms with Gasteiger partial charge >= 0.3 is 0 Å². The van der Waals surface area contributed by atoms with Crippen LogP contribution >= 0.6 is 0 Å². The van der Waals surface area contributed by atoms with Gasteiger partial charge in [-0.1, -0.05) is 28.2 Å². The summed E-state index contributed by atoms with van der Waals surface area (Å²) in [5.41, 5.74) is 0. The fourth-order valence-electron chi connectivity index (χ4n) is 0. The van der Waals surface area contributed by atoms with Crippen molar-refractivity contribution >= 4 is 5.78 Å². The van der Waals surface area contributed by atoms with E-state index in [1.54, 1.807) is 6.92 Å². The van der Waals surface area contributed by atoms with E-state index in [9.17, 15) is 4.79 Å². The molecule has 0 unspecified atom stereocenters. The Kier molecular flexibility index (Phi) is 31.1. The van der Waals surface area contributed by atoms with Gasteiger partial charge < -0.3 is 4.79 Å². The summed E-state index contributed by atoms with van der Waals surface area (Å²) >= 11 is 0. The molecule has 0 bridgehead atoms. The highest BCUT2D eigenvalue weighted by molar-refractivity contribution is 5.74. The second kappa shape index (κ2) is 15.9. The molecule has 0 amide bonds. The summed E-state index contributed by atoms with van der Waals surface area (Å²) < 4.78 is 0. The van der Waals surface area contributed by atoms with E-state index in [0.717, 1.165) is 0 Å². The van der Waals surface area contributed by atoms with E-state index in [0.29, 0.717) is 6.42 Å². The molecule has 0 saturated carbocycles. The molecule has 0 aromatic rings. The molecule has 0 saturated heterocycles. The maximum absolute atomic E-state index is 9.81. The van der Waals surface area contributed by atoms with E-state index in [1.807, 2.05) is 20.8 Å². The molecule has 0 spiro atoms. The molecule has 8 heavy (non-hydrogen) atoms. The van der Waals surface area contributed by atoms with Crippen molar-refractivity contribution in [3.05, 3.63) is 0 Å². The first-order valence-corrected chi connectivity index (χ1v) is 2.76. The number of Topliss-reactive ketones (excluding diaryl/α,β-unsaturated/α-hetero) is 1. The predicted octanol–water partition coefficient (Wildman–Crippen LogP) is 2.65. The maximum atomic E-state index is 9.81. The van der Waals surface area contributed by atoms with Crippen LogP contribution in [0.25, 0.3) is 0 Å². The molecule has 52 valence electrons. The average Bonchev–Trinajstić information content (AvgIpc) is 1.73. The Morgan fingerprint density at radius 1 is 1.38 bits per heavy atom. The van der Waals surface area contributed by atoms with Gasteiger partial charge in [-0.05, 0) is 6.92 Å². The van der Waals surface area contributed by atoms with Gasteiger partial charge in [0.2, 0.25) is 0 Å². The van der Waals surface area contributed by atoms with E-state index in [2.05, 4.69) is 0 Å². The quantitative estimate of drug-likeness (QED) is 0.517. The fraction of sp³-hybridized carbons (Fsp3) is 0.857. The topological polar surface area (TPSA) is 17.1 Å². The third-order valence-corrected chi connectivity index (χ3v) is 0.498. The van der Waals surface area contributed by atoms with E-state index < -0.39 is 0 Å². The Morgan fingerprint density at radius 3 is 1.50 bits per heavy atom. The van der Waals surface area contributed by atoms with Crippen LogP contribution in [-0.4, -0.2) is 5.78 Å². The zero-order valence-electron chi connectivity index (χ0n) is 5.62. The summed E-state index contributed by atoms with van der Waals surface area (Å²) in [7, 11) is 0. The van der Waals surface area contributed by atoms with Crippen LogP contribution in [0.4, 0.5) is 0 Å². The Balaban J connectivity index is -0.0000000750. The maximum Gasteiger partial charge on any atom is 0.129 e. The van der Waals surface area contributed by atoms with Crippen LogP contribution in [-0.2, 0) is 4.79 Å². The molecular weight excluding hydrogens is 100 g/mol. The summed E-state index contributed by atoms with van der Waals surface area (Å²) in [5, 5.41) is 0. The molecule has 0 N–H and O–H groups in total. The average molecular weight is 118 g/mol. The lowest BCUT2D eigenvalue weighted by atomic mass is 10.4. The highest BCUT2D eigenvalue weighted by Gasteiger charge is 1.76. The largest absolute Gasteiger partial charge is 0.300 e. The number of carbonyl (C=O) groups excluding carboxylic acids is 1. The van der Waals surface area contributed by atoms with Crippen molar-refractivity contribution in [2.75, 3.05) is 0 Å². The number of ketones is 1. The standard InChI is InChI=1S/C4H8O.C2H6.CH4/c1-3-4(2)5;1-2;/h3H2,1-2H3;1-2H3;1H4. The predicted molar refractivity (Wildman–Crippen MR) is 39.1 cm³/mol. The third-order valence-electron chi connectivity index (χ3n) is 0.498. The first-order chi connectivity index (χ1) is 3.27. The van der Waals surface area contributed by atoms with Crippen LogP contribution in [0.2, 0.25) is 0 Å². The van der Waals surface area contributed by atoms with E-state index >= 15 is 0 Å². The van der Waals surface area contributed by atoms with Gasteiger partial charge in [0.25, 0.3) is 0 Å². The molecule has 0 aliphatic carbocycles. The third kappa shape index (κ3) is 44.3. The van der Waals surface area contributed by atoms with E-state index in [-0.39, 0.29) is 13.2 Å². The fourth-order valence-corrected chi connectivity index (χ4v) is 0. The van der Waals surface area contributed by atoms with Gasteiger partial charge in [0, 0.05) is 6.42 Å². The van der Waals surface area contributed by atoms with Crippen molar-refractivity contribution in [2.45, 2.75) is 41.5 Å². The lowest BCUT2D eigenvalue weighted by Gasteiger charge is -1.71. The highest BCUT2D eigenvalue weighted by atomic mass is 16.1. The minimum absolute atomic E-state index is 0. The highest BCUT2D eigenvalue weighted by Crippen LogP contribution is 1.71. The second-order valence-electron chi connectivity index (χ2n) is 1.06. The monoisotopic (exact) mass is 118 g/mol. The van der Waals surface area contributed by atoms with Crippen LogP contribution in [0.5, 0.6) is 0 Å². The zero-order valence-corrected chi connectivity index (χ0v) is 5.62. The van der Waals surface area contributed by atoms with Gasteiger partial charge in [0.05, 0.1) is 0 Å². The van der Waals surface area contributed by atoms with Crippen molar-refractivity contribution in [1.82, 2.24) is 0 Å². The minimum Gasteiger partial charge on any atom is -0.300 e. The van der Waals surface area contributed by atoms with Crippen LogP contribution in [0, 0.1) is 0 Å².